The van der Waals surface area contributed by atoms with Crippen molar-refractivity contribution in [3.8, 4) is 17.2 Å². The zero-order chi connectivity index (χ0) is 23.4. The molecule has 0 aliphatic heterocycles. The van der Waals surface area contributed by atoms with Gasteiger partial charge in [0.1, 0.15) is 17.2 Å². The molecular formula is C25H20ClN3O4. The summed E-state index contributed by atoms with van der Waals surface area (Å²) in [6.07, 6.45) is 0. The van der Waals surface area contributed by atoms with Crippen LogP contribution in [-0.4, -0.2) is 25.2 Å². The standard InChI is InChI=1S/C25H20ClN3O4/c1-32-21-12-11-16(14-19(21)26)28-29-23-17-8-4-3-7-15(17)13-18(24(23)30)25(31)27-20-9-5-6-10-22(20)33-2/h3-14,30H,1-2H3,(H,27,31). The van der Waals surface area contributed by atoms with Gasteiger partial charge in [-0.3, -0.25) is 4.79 Å². The zero-order valence-electron chi connectivity index (χ0n) is 17.9. The van der Waals surface area contributed by atoms with Crippen molar-refractivity contribution in [3.05, 3.63) is 83.4 Å². The molecule has 0 unspecified atom stereocenters. The fourth-order valence-corrected chi connectivity index (χ4v) is 3.61. The number of amides is 1. The van der Waals surface area contributed by atoms with Crippen LogP contribution >= 0.6 is 11.6 Å². The summed E-state index contributed by atoms with van der Waals surface area (Å²) >= 11 is 6.17. The quantitative estimate of drug-likeness (QED) is 0.306. The van der Waals surface area contributed by atoms with Crippen LogP contribution in [0, 0.1) is 0 Å². The van der Waals surface area contributed by atoms with Gasteiger partial charge in [-0.25, -0.2) is 0 Å². The second-order valence-corrected chi connectivity index (χ2v) is 7.42. The second-order valence-electron chi connectivity index (χ2n) is 7.02. The minimum Gasteiger partial charge on any atom is -0.505 e. The van der Waals surface area contributed by atoms with E-state index in [1.807, 2.05) is 18.2 Å². The summed E-state index contributed by atoms with van der Waals surface area (Å²) in [4.78, 5) is 13.1. The van der Waals surface area contributed by atoms with E-state index in [0.717, 1.165) is 5.39 Å². The summed E-state index contributed by atoms with van der Waals surface area (Å²) in [6, 6.07) is 20.9. The van der Waals surface area contributed by atoms with E-state index in [0.29, 0.717) is 33.3 Å². The number of hydrogen-bond donors (Lipinski definition) is 2. The lowest BCUT2D eigenvalue weighted by Gasteiger charge is -2.13. The second kappa shape index (κ2) is 9.58. The Kier molecular flexibility index (Phi) is 6.42. The maximum atomic E-state index is 13.1. The molecule has 7 nitrogen and oxygen atoms in total. The van der Waals surface area contributed by atoms with Crippen molar-refractivity contribution in [3.63, 3.8) is 0 Å². The highest BCUT2D eigenvalue weighted by Crippen LogP contribution is 2.40. The van der Waals surface area contributed by atoms with E-state index in [-0.39, 0.29) is 17.0 Å². The molecule has 0 aliphatic rings. The van der Waals surface area contributed by atoms with Crippen LogP contribution in [-0.2, 0) is 0 Å². The SMILES string of the molecule is COc1ccc(N=Nc2c(O)c(C(=O)Nc3ccccc3OC)cc3ccccc23)cc1Cl. The van der Waals surface area contributed by atoms with Gasteiger partial charge in [0.05, 0.1) is 36.2 Å². The van der Waals surface area contributed by atoms with Crippen molar-refractivity contribution in [2.45, 2.75) is 0 Å². The third-order valence-electron chi connectivity index (χ3n) is 5.00. The zero-order valence-corrected chi connectivity index (χ0v) is 18.6. The third-order valence-corrected chi connectivity index (χ3v) is 5.29. The lowest BCUT2D eigenvalue weighted by molar-refractivity contribution is 0.102. The van der Waals surface area contributed by atoms with Crippen molar-refractivity contribution in [1.82, 2.24) is 0 Å². The number of nitrogens with zero attached hydrogens (tertiary/aromatic N) is 2. The van der Waals surface area contributed by atoms with E-state index in [9.17, 15) is 9.90 Å². The summed E-state index contributed by atoms with van der Waals surface area (Å²) in [7, 11) is 3.04. The minimum absolute atomic E-state index is 0.0568. The van der Waals surface area contributed by atoms with Gasteiger partial charge in [-0.2, -0.15) is 5.11 Å². The Labute approximate surface area is 195 Å². The van der Waals surface area contributed by atoms with E-state index >= 15 is 0 Å². The van der Waals surface area contributed by atoms with Gasteiger partial charge in [0.2, 0.25) is 0 Å². The highest BCUT2D eigenvalue weighted by atomic mass is 35.5. The lowest BCUT2D eigenvalue weighted by Crippen LogP contribution is -2.13. The van der Waals surface area contributed by atoms with Crippen LogP contribution in [0.5, 0.6) is 17.2 Å². The molecule has 4 rings (SSSR count). The third kappa shape index (κ3) is 4.58. The van der Waals surface area contributed by atoms with Crippen LogP contribution in [0.4, 0.5) is 17.1 Å². The number of azo groups is 1. The molecular weight excluding hydrogens is 442 g/mol. The molecule has 0 bridgehead atoms. The predicted octanol–water partition coefficient (Wildman–Crippen LogP) is 6.88. The van der Waals surface area contributed by atoms with Crippen molar-refractivity contribution >= 4 is 45.3 Å². The Bertz CT molecular complexity index is 1370. The summed E-state index contributed by atoms with van der Waals surface area (Å²) in [5.74, 6) is 0.220. The van der Waals surface area contributed by atoms with Crippen molar-refractivity contribution in [2.75, 3.05) is 19.5 Å². The normalized spacial score (nSPS) is 11.0. The van der Waals surface area contributed by atoms with E-state index in [1.165, 1.54) is 14.2 Å². The van der Waals surface area contributed by atoms with Crippen LogP contribution in [0.3, 0.4) is 0 Å². The first-order chi connectivity index (χ1) is 16.0. The van der Waals surface area contributed by atoms with Crippen LogP contribution in [0.15, 0.2) is 83.0 Å². The number of para-hydroxylation sites is 2. The molecule has 0 aromatic heterocycles. The summed E-state index contributed by atoms with van der Waals surface area (Å²) in [5.41, 5.74) is 1.17. The van der Waals surface area contributed by atoms with E-state index < -0.39 is 5.91 Å². The maximum absolute atomic E-state index is 13.1. The van der Waals surface area contributed by atoms with Crippen molar-refractivity contribution < 1.29 is 19.4 Å². The van der Waals surface area contributed by atoms with Crippen molar-refractivity contribution in [2.24, 2.45) is 10.2 Å². The van der Waals surface area contributed by atoms with Crippen LogP contribution < -0.4 is 14.8 Å². The summed E-state index contributed by atoms with van der Waals surface area (Å²) in [5, 5.41) is 24.0. The van der Waals surface area contributed by atoms with Crippen LogP contribution in [0.1, 0.15) is 10.4 Å². The van der Waals surface area contributed by atoms with Crippen LogP contribution in [0.25, 0.3) is 10.8 Å². The van der Waals surface area contributed by atoms with E-state index in [2.05, 4.69) is 15.5 Å². The number of anilines is 1. The van der Waals surface area contributed by atoms with E-state index in [4.69, 9.17) is 21.1 Å². The molecule has 4 aromatic rings. The first-order valence-electron chi connectivity index (χ1n) is 9.96. The largest absolute Gasteiger partial charge is 0.505 e. The molecule has 1 amide bonds. The van der Waals surface area contributed by atoms with E-state index in [1.54, 1.807) is 54.6 Å². The number of ether oxygens (including phenoxy) is 2. The number of phenols is 1. The molecule has 0 saturated carbocycles. The highest BCUT2D eigenvalue weighted by molar-refractivity contribution is 6.32. The first-order valence-corrected chi connectivity index (χ1v) is 10.3. The molecule has 2 N–H and O–H groups in total. The average Bonchev–Trinajstić information content (AvgIpc) is 2.83. The molecule has 4 aromatic carbocycles. The molecule has 33 heavy (non-hydrogen) atoms. The Hall–Kier alpha value is -4.10. The molecule has 166 valence electrons. The smallest absolute Gasteiger partial charge is 0.259 e. The molecule has 0 aliphatic carbocycles. The summed E-state index contributed by atoms with van der Waals surface area (Å²) in [6.45, 7) is 0. The topological polar surface area (TPSA) is 92.5 Å². The molecule has 0 spiro atoms. The number of hydrogen-bond acceptors (Lipinski definition) is 6. The molecule has 0 atom stereocenters. The maximum Gasteiger partial charge on any atom is 0.259 e. The monoisotopic (exact) mass is 461 g/mol. The number of phenolic OH excluding ortho intramolecular Hbond substituents is 1. The Morgan fingerprint density at radius 1 is 0.909 bits per heavy atom. The first kappa shape index (κ1) is 22.1. The number of fused-ring (bicyclic) bond motifs is 1. The van der Waals surface area contributed by atoms with Gasteiger partial charge in [0.15, 0.2) is 5.75 Å². The Morgan fingerprint density at radius 3 is 2.39 bits per heavy atom. The minimum atomic E-state index is -0.508. The van der Waals surface area contributed by atoms with Gasteiger partial charge in [-0.1, -0.05) is 48.0 Å². The number of benzene rings is 4. The summed E-state index contributed by atoms with van der Waals surface area (Å²) < 4.78 is 10.4. The number of aromatic hydroxyl groups is 1. The van der Waals surface area contributed by atoms with Gasteiger partial charge in [-0.05, 0) is 41.8 Å². The molecule has 8 heteroatoms. The van der Waals surface area contributed by atoms with Gasteiger partial charge in [0.25, 0.3) is 5.91 Å². The van der Waals surface area contributed by atoms with Gasteiger partial charge in [0, 0.05) is 5.39 Å². The number of methoxy groups -OCH3 is 2. The van der Waals surface area contributed by atoms with Gasteiger partial charge in [-0.15, -0.1) is 5.11 Å². The molecule has 0 saturated heterocycles. The Balaban J connectivity index is 1.76. The number of carbonyl (C=O) groups is 1. The average molecular weight is 462 g/mol. The number of halogens is 1. The Morgan fingerprint density at radius 2 is 1.64 bits per heavy atom. The fraction of sp³-hybridized carbons (Fsp3) is 0.0800. The molecule has 0 heterocycles. The van der Waals surface area contributed by atoms with Crippen molar-refractivity contribution in [1.29, 1.82) is 0 Å². The molecule has 0 fully saturated rings. The highest BCUT2D eigenvalue weighted by Gasteiger charge is 2.19. The number of nitrogens with one attached hydrogen (secondary N) is 1. The fourth-order valence-electron chi connectivity index (χ4n) is 3.35. The predicted molar refractivity (Wildman–Crippen MR) is 129 cm³/mol. The molecule has 0 radical (unpaired) electrons. The van der Waals surface area contributed by atoms with Gasteiger partial charge < -0.3 is 19.9 Å². The van der Waals surface area contributed by atoms with Crippen LogP contribution in [0.2, 0.25) is 5.02 Å². The number of carbonyl (C=O) groups excluding carboxylic acids is 1. The lowest BCUT2D eigenvalue weighted by atomic mass is 10.0. The van der Waals surface area contributed by atoms with Gasteiger partial charge >= 0.3 is 0 Å². The number of rotatable bonds is 6.